The fourth-order valence-corrected chi connectivity index (χ4v) is 5.65. The van der Waals surface area contributed by atoms with E-state index < -0.39 is 5.41 Å². The summed E-state index contributed by atoms with van der Waals surface area (Å²) in [6.45, 7) is 0. The molecule has 5 heteroatoms. The monoisotopic (exact) mass is 392 g/mol. The van der Waals surface area contributed by atoms with Crippen LogP contribution in [0, 0.1) is 17.2 Å². The van der Waals surface area contributed by atoms with Gasteiger partial charge in [-0.1, -0.05) is 78.9 Å². The lowest BCUT2D eigenvalue weighted by Gasteiger charge is -2.45. The Morgan fingerprint density at radius 3 is 2.07 bits per heavy atom. The third kappa shape index (κ3) is 2.02. The summed E-state index contributed by atoms with van der Waals surface area (Å²) in [5.41, 5.74) is 18.5. The number of nitrogens with one attached hydrogen (secondary N) is 2. The highest BCUT2D eigenvalue weighted by Gasteiger charge is 2.62. The molecule has 6 rings (SSSR count). The fraction of sp³-hybridized carbons (Fsp3) is 0.160. The lowest BCUT2D eigenvalue weighted by atomic mass is 9.60. The van der Waals surface area contributed by atoms with Crippen molar-refractivity contribution in [1.29, 1.82) is 5.26 Å². The summed E-state index contributed by atoms with van der Waals surface area (Å²) < 4.78 is 6.04. The first-order valence-electron chi connectivity index (χ1n) is 10.1. The van der Waals surface area contributed by atoms with Crippen LogP contribution in [0.1, 0.15) is 22.7 Å². The molecule has 0 radical (unpaired) electrons. The van der Waals surface area contributed by atoms with Crippen LogP contribution in [-0.4, -0.2) is 6.23 Å². The van der Waals surface area contributed by atoms with Gasteiger partial charge in [0.1, 0.15) is 11.6 Å². The summed E-state index contributed by atoms with van der Waals surface area (Å²) in [7, 11) is 0. The van der Waals surface area contributed by atoms with Gasteiger partial charge in [0.05, 0.1) is 17.4 Å². The average molecular weight is 392 g/mol. The summed E-state index contributed by atoms with van der Waals surface area (Å²) in [5.74, 6) is 0.0833. The van der Waals surface area contributed by atoms with Crippen LogP contribution < -0.4 is 16.6 Å². The van der Waals surface area contributed by atoms with E-state index in [1.54, 1.807) is 0 Å². The van der Waals surface area contributed by atoms with Crippen LogP contribution in [-0.2, 0) is 10.2 Å². The largest absolute Gasteiger partial charge is 0.458 e. The van der Waals surface area contributed by atoms with Crippen LogP contribution in [0.25, 0.3) is 11.1 Å². The van der Waals surface area contributed by atoms with Crippen molar-refractivity contribution in [3.05, 3.63) is 107 Å². The van der Waals surface area contributed by atoms with Gasteiger partial charge in [-0.05, 0) is 27.8 Å². The van der Waals surface area contributed by atoms with E-state index in [-0.39, 0.29) is 24.1 Å². The quantitative estimate of drug-likeness (QED) is 0.591. The van der Waals surface area contributed by atoms with Crippen LogP contribution in [0.2, 0.25) is 0 Å². The Morgan fingerprint density at radius 1 is 0.833 bits per heavy atom. The fourth-order valence-electron chi connectivity index (χ4n) is 5.65. The van der Waals surface area contributed by atoms with E-state index in [1.165, 1.54) is 0 Å². The number of ether oxygens (including phenoxy) is 1. The Hall–Kier alpha value is -3.59. The molecule has 0 saturated carbocycles. The van der Waals surface area contributed by atoms with Crippen LogP contribution in [0.3, 0.4) is 0 Å². The van der Waals surface area contributed by atoms with Crippen LogP contribution in [0.4, 0.5) is 0 Å². The zero-order valence-electron chi connectivity index (χ0n) is 16.2. The van der Waals surface area contributed by atoms with Crippen molar-refractivity contribution in [2.75, 3.05) is 0 Å². The van der Waals surface area contributed by atoms with E-state index in [0.29, 0.717) is 5.57 Å². The average Bonchev–Trinajstić information content (AvgIpc) is 3.34. The van der Waals surface area contributed by atoms with Gasteiger partial charge in [0, 0.05) is 0 Å². The Labute approximate surface area is 174 Å². The minimum Gasteiger partial charge on any atom is -0.458 e. The first-order valence-corrected chi connectivity index (χ1v) is 10.1. The molecule has 30 heavy (non-hydrogen) atoms. The first kappa shape index (κ1) is 17.3. The van der Waals surface area contributed by atoms with Gasteiger partial charge in [0.25, 0.3) is 0 Å². The maximum absolute atomic E-state index is 10.3. The molecule has 0 bridgehead atoms. The number of benzene rings is 3. The number of nitrogens with zero attached hydrogens (tertiary/aromatic N) is 1. The van der Waals surface area contributed by atoms with Gasteiger partial charge in [-0.2, -0.15) is 5.26 Å². The van der Waals surface area contributed by atoms with E-state index >= 15 is 0 Å². The molecule has 3 aromatic carbocycles. The van der Waals surface area contributed by atoms with E-state index in [2.05, 4.69) is 53.3 Å². The summed E-state index contributed by atoms with van der Waals surface area (Å²) >= 11 is 0. The highest BCUT2D eigenvalue weighted by Crippen LogP contribution is 2.62. The molecule has 146 valence electrons. The van der Waals surface area contributed by atoms with Crippen LogP contribution in [0.5, 0.6) is 0 Å². The summed E-state index contributed by atoms with van der Waals surface area (Å²) in [6.07, 6.45) is -0.369. The van der Waals surface area contributed by atoms with Gasteiger partial charge in [0.15, 0.2) is 6.23 Å². The molecule has 0 amide bonds. The van der Waals surface area contributed by atoms with Crippen molar-refractivity contribution >= 4 is 0 Å². The van der Waals surface area contributed by atoms with Crippen molar-refractivity contribution in [2.24, 2.45) is 11.7 Å². The molecule has 2 aliphatic heterocycles. The number of hydrogen-bond donors (Lipinski definition) is 3. The molecule has 3 aromatic rings. The minimum absolute atomic E-state index is 0.0631. The molecule has 1 saturated heterocycles. The van der Waals surface area contributed by atoms with E-state index in [4.69, 9.17) is 10.5 Å². The smallest absolute Gasteiger partial charge is 0.201 e. The molecule has 1 aliphatic carbocycles. The highest BCUT2D eigenvalue weighted by atomic mass is 16.5. The maximum Gasteiger partial charge on any atom is 0.201 e. The van der Waals surface area contributed by atoms with Crippen molar-refractivity contribution in [3.8, 4) is 17.2 Å². The number of hydrazine groups is 1. The second-order valence-corrected chi connectivity index (χ2v) is 7.99. The molecule has 1 spiro atoms. The summed E-state index contributed by atoms with van der Waals surface area (Å²) in [4.78, 5) is 0. The van der Waals surface area contributed by atoms with Crippen LogP contribution >= 0.6 is 0 Å². The number of hydrogen-bond acceptors (Lipinski definition) is 5. The van der Waals surface area contributed by atoms with E-state index in [9.17, 15) is 5.26 Å². The molecule has 3 unspecified atom stereocenters. The van der Waals surface area contributed by atoms with E-state index in [0.717, 1.165) is 27.8 Å². The van der Waals surface area contributed by atoms with Crippen LogP contribution in [0.15, 0.2) is 90.3 Å². The Kier molecular flexibility index (Phi) is 3.57. The predicted octanol–water partition coefficient (Wildman–Crippen LogP) is 3.47. The van der Waals surface area contributed by atoms with Gasteiger partial charge >= 0.3 is 0 Å². The number of rotatable bonds is 1. The Morgan fingerprint density at radius 2 is 1.43 bits per heavy atom. The van der Waals surface area contributed by atoms with Gasteiger partial charge in [0.2, 0.25) is 5.88 Å². The molecule has 4 N–H and O–H groups in total. The number of nitriles is 1. The molecule has 2 heterocycles. The zero-order chi connectivity index (χ0) is 20.3. The SMILES string of the molecule is N#CC1=C(N)OC2NNC(c3ccccc3)C2C12c1ccccc1-c1ccccc12. The standard InChI is InChI=1S/C25H20N4O/c26-14-20-23(27)30-24-21(22(28-29-24)15-8-2-1-3-9-15)25(20)18-12-6-4-10-16(18)17-11-5-7-13-19(17)25/h1-13,21-22,24,28-29H,27H2. The summed E-state index contributed by atoms with van der Waals surface area (Å²) in [5, 5.41) is 10.3. The van der Waals surface area contributed by atoms with Gasteiger partial charge in [-0.25, -0.2) is 10.9 Å². The lowest BCUT2D eigenvalue weighted by Crippen LogP contribution is -2.51. The van der Waals surface area contributed by atoms with Gasteiger partial charge in [-0.15, -0.1) is 0 Å². The normalized spacial score (nSPS) is 25.2. The predicted molar refractivity (Wildman–Crippen MR) is 113 cm³/mol. The molecule has 5 nitrogen and oxygen atoms in total. The molecular formula is C25H20N4O. The molecule has 0 aromatic heterocycles. The van der Waals surface area contributed by atoms with Crippen molar-refractivity contribution < 1.29 is 4.74 Å². The van der Waals surface area contributed by atoms with Gasteiger partial charge in [-0.3, -0.25) is 0 Å². The third-order valence-electron chi connectivity index (χ3n) is 6.73. The van der Waals surface area contributed by atoms with E-state index in [1.807, 2.05) is 42.5 Å². The number of fused-ring (bicyclic) bond motifs is 7. The maximum atomic E-state index is 10.3. The molecule has 1 fully saturated rings. The molecule has 3 aliphatic rings. The third-order valence-corrected chi connectivity index (χ3v) is 6.73. The first-order chi connectivity index (χ1) is 14.8. The second kappa shape index (κ2) is 6.20. The van der Waals surface area contributed by atoms with Crippen molar-refractivity contribution in [3.63, 3.8) is 0 Å². The lowest BCUT2D eigenvalue weighted by molar-refractivity contribution is 0.0182. The topological polar surface area (TPSA) is 83.1 Å². The number of nitrogens with two attached hydrogens (primary N) is 1. The summed E-state index contributed by atoms with van der Waals surface area (Å²) in [6, 6.07) is 29.3. The number of allylic oxidation sites excluding steroid dienone is 1. The minimum atomic E-state index is -0.702. The molecule has 3 atom stereocenters. The van der Waals surface area contributed by atoms with Gasteiger partial charge < -0.3 is 10.5 Å². The Bertz CT molecular complexity index is 1180. The molecular weight excluding hydrogens is 372 g/mol. The highest BCUT2D eigenvalue weighted by molar-refractivity contribution is 5.84. The Balaban J connectivity index is 1.71. The van der Waals surface area contributed by atoms with Crippen molar-refractivity contribution in [2.45, 2.75) is 17.7 Å². The zero-order valence-corrected chi connectivity index (χ0v) is 16.2. The van der Waals surface area contributed by atoms with Crippen molar-refractivity contribution in [1.82, 2.24) is 10.9 Å². The second-order valence-electron chi connectivity index (χ2n) is 7.99.